The number of ether oxygens (including phenoxy) is 3. The quantitative estimate of drug-likeness (QED) is 0.637. The van der Waals surface area contributed by atoms with Crippen LogP contribution >= 0.6 is 0 Å². The topological polar surface area (TPSA) is 103 Å². The Balaban J connectivity index is 1.65. The van der Waals surface area contributed by atoms with Crippen LogP contribution in [-0.4, -0.2) is 22.6 Å². The van der Waals surface area contributed by atoms with E-state index in [4.69, 9.17) is 25.4 Å². The number of nitrogens with zero attached hydrogens (tertiary/aromatic N) is 2. The Morgan fingerprint density at radius 3 is 2.85 bits per heavy atom. The van der Waals surface area contributed by atoms with Gasteiger partial charge in [-0.25, -0.2) is 9.97 Å². The van der Waals surface area contributed by atoms with Crippen molar-refractivity contribution in [2.45, 2.75) is 6.61 Å². The van der Waals surface area contributed by atoms with Gasteiger partial charge >= 0.3 is 0 Å². The van der Waals surface area contributed by atoms with E-state index in [0.29, 0.717) is 23.9 Å². The summed E-state index contributed by atoms with van der Waals surface area (Å²) in [6.45, 7) is 0.586. The number of rotatable bonds is 4. The fourth-order valence-corrected chi connectivity index (χ4v) is 1.72. The zero-order chi connectivity index (χ0) is 13.9. The molecule has 0 saturated carbocycles. The lowest BCUT2D eigenvalue weighted by Crippen LogP contribution is -2.13. The number of hydrogen-bond acceptors (Lipinski definition) is 6. The smallest absolute Gasteiger partial charge is 0.232 e. The molecule has 0 saturated heterocycles. The molecule has 3 rings (SSSR count). The van der Waals surface area contributed by atoms with E-state index in [1.807, 2.05) is 18.2 Å². The van der Waals surface area contributed by atoms with E-state index in [1.54, 1.807) is 0 Å². The molecule has 20 heavy (non-hydrogen) atoms. The molecule has 0 fully saturated rings. The molecule has 7 nitrogen and oxygen atoms in total. The summed E-state index contributed by atoms with van der Waals surface area (Å²) in [4.78, 5) is 7.99. The second-order valence-corrected chi connectivity index (χ2v) is 4.13. The Kier molecular flexibility index (Phi) is 3.08. The van der Waals surface area contributed by atoms with E-state index in [0.717, 1.165) is 11.3 Å². The van der Waals surface area contributed by atoms with Gasteiger partial charge in [0.2, 0.25) is 12.7 Å². The number of nitrogen functional groups attached to an aromatic ring is 1. The van der Waals surface area contributed by atoms with Crippen LogP contribution in [0.1, 0.15) is 11.3 Å². The lowest BCUT2D eigenvalue weighted by atomic mass is 10.2. The van der Waals surface area contributed by atoms with Gasteiger partial charge in [0.25, 0.3) is 0 Å². The molecule has 2 aromatic rings. The Morgan fingerprint density at radius 2 is 2.10 bits per heavy atom. The highest BCUT2D eigenvalue weighted by Gasteiger charge is 2.13. The average molecular weight is 272 g/mol. The van der Waals surface area contributed by atoms with Gasteiger partial charge in [-0.15, -0.1) is 0 Å². The number of nitrogens with two attached hydrogens (primary N) is 1. The average Bonchev–Trinajstić information content (AvgIpc) is 2.93. The van der Waals surface area contributed by atoms with Crippen molar-refractivity contribution in [2.24, 2.45) is 5.73 Å². The van der Waals surface area contributed by atoms with Crippen molar-refractivity contribution >= 4 is 5.84 Å². The van der Waals surface area contributed by atoms with E-state index in [-0.39, 0.29) is 12.6 Å². The minimum absolute atomic E-state index is 0.125. The van der Waals surface area contributed by atoms with Crippen LogP contribution < -0.4 is 19.9 Å². The number of aromatic nitrogens is 2. The van der Waals surface area contributed by atoms with E-state index in [1.165, 1.54) is 12.4 Å². The first-order valence-corrected chi connectivity index (χ1v) is 5.90. The highest BCUT2D eigenvalue weighted by molar-refractivity contribution is 5.92. The Labute approximate surface area is 114 Å². The van der Waals surface area contributed by atoms with Crippen LogP contribution in [0.3, 0.4) is 0 Å². The van der Waals surface area contributed by atoms with Crippen LogP contribution in [0.15, 0.2) is 30.6 Å². The second-order valence-electron chi connectivity index (χ2n) is 4.13. The normalized spacial score (nSPS) is 12.2. The number of benzene rings is 1. The van der Waals surface area contributed by atoms with Crippen molar-refractivity contribution in [3.63, 3.8) is 0 Å². The maximum Gasteiger partial charge on any atom is 0.232 e. The van der Waals surface area contributed by atoms with Gasteiger partial charge in [-0.05, 0) is 17.7 Å². The summed E-state index contributed by atoms with van der Waals surface area (Å²) in [5.41, 5.74) is 6.55. The first kappa shape index (κ1) is 12.2. The lowest BCUT2D eigenvalue weighted by Gasteiger charge is -2.06. The third-order valence-corrected chi connectivity index (χ3v) is 2.73. The number of nitrogens with one attached hydrogen (secondary N) is 1. The zero-order valence-electron chi connectivity index (χ0n) is 10.5. The molecule has 0 unspecified atom stereocenters. The number of amidine groups is 1. The van der Waals surface area contributed by atoms with Crippen molar-refractivity contribution in [3.05, 3.63) is 41.9 Å². The fraction of sp³-hybridized carbons (Fsp3) is 0.154. The molecule has 0 aliphatic carbocycles. The number of hydrogen-bond donors (Lipinski definition) is 2. The predicted octanol–water partition coefficient (Wildman–Crippen LogP) is 1.07. The van der Waals surface area contributed by atoms with Crippen LogP contribution in [0.25, 0.3) is 0 Å². The fourth-order valence-electron chi connectivity index (χ4n) is 1.72. The molecule has 0 radical (unpaired) electrons. The maximum absolute atomic E-state index is 7.22. The first-order chi connectivity index (χ1) is 9.72. The van der Waals surface area contributed by atoms with Crippen molar-refractivity contribution in [1.82, 2.24) is 9.97 Å². The van der Waals surface area contributed by atoms with Crippen LogP contribution in [0, 0.1) is 5.41 Å². The van der Waals surface area contributed by atoms with E-state index in [2.05, 4.69) is 9.97 Å². The molecule has 2 heterocycles. The molecule has 0 amide bonds. The standard InChI is InChI=1S/C13H12N4O3/c14-13(15)9-4-17-12(5-16-9)18-6-8-1-2-10-11(3-8)20-7-19-10/h1-5H,6-7H2,(H3,14,15). The number of fused-ring (bicyclic) bond motifs is 1. The van der Waals surface area contributed by atoms with Crippen LogP contribution in [0.5, 0.6) is 17.4 Å². The van der Waals surface area contributed by atoms with Crippen molar-refractivity contribution in [2.75, 3.05) is 6.79 Å². The van der Waals surface area contributed by atoms with Gasteiger partial charge in [0.1, 0.15) is 18.1 Å². The summed E-state index contributed by atoms with van der Waals surface area (Å²) in [6.07, 6.45) is 2.83. The Morgan fingerprint density at radius 1 is 1.25 bits per heavy atom. The lowest BCUT2D eigenvalue weighted by molar-refractivity contribution is 0.174. The van der Waals surface area contributed by atoms with Gasteiger partial charge in [0.05, 0.1) is 12.4 Å². The minimum Gasteiger partial charge on any atom is -0.472 e. The summed E-state index contributed by atoms with van der Waals surface area (Å²) < 4.78 is 16.0. The van der Waals surface area contributed by atoms with Gasteiger partial charge in [-0.1, -0.05) is 6.07 Å². The summed E-state index contributed by atoms with van der Waals surface area (Å²) in [5, 5.41) is 7.22. The second kappa shape index (κ2) is 5.04. The van der Waals surface area contributed by atoms with Gasteiger partial charge in [-0.2, -0.15) is 0 Å². The van der Waals surface area contributed by atoms with Crippen LogP contribution in [-0.2, 0) is 6.61 Å². The maximum atomic E-state index is 7.22. The third-order valence-electron chi connectivity index (χ3n) is 2.73. The summed E-state index contributed by atoms with van der Waals surface area (Å²) in [7, 11) is 0. The van der Waals surface area contributed by atoms with E-state index < -0.39 is 0 Å². The largest absolute Gasteiger partial charge is 0.472 e. The monoisotopic (exact) mass is 272 g/mol. The molecule has 0 atom stereocenters. The Hall–Kier alpha value is -2.83. The van der Waals surface area contributed by atoms with Crippen LogP contribution in [0.4, 0.5) is 0 Å². The van der Waals surface area contributed by atoms with Crippen molar-refractivity contribution in [1.29, 1.82) is 5.41 Å². The minimum atomic E-state index is -0.125. The summed E-state index contributed by atoms with van der Waals surface area (Å²) in [6, 6.07) is 5.59. The highest BCUT2D eigenvalue weighted by atomic mass is 16.7. The molecular weight excluding hydrogens is 260 g/mol. The molecule has 1 aliphatic rings. The van der Waals surface area contributed by atoms with Gasteiger partial charge in [0.15, 0.2) is 11.5 Å². The molecular formula is C13H12N4O3. The summed E-state index contributed by atoms with van der Waals surface area (Å²) >= 11 is 0. The molecule has 1 aromatic carbocycles. The molecule has 1 aliphatic heterocycles. The van der Waals surface area contributed by atoms with Gasteiger partial charge in [0, 0.05) is 0 Å². The van der Waals surface area contributed by atoms with Crippen molar-refractivity contribution < 1.29 is 14.2 Å². The zero-order valence-corrected chi connectivity index (χ0v) is 10.5. The highest BCUT2D eigenvalue weighted by Crippen LogP contribution is 2.32. The molecule has 7 heteroatoms. The van der Waals surface area contributed by atoms with Gasteiger partial charge < -0.3 is 19.9 Å². The predicted molar refractivity (Wildman–Crippen MR) is 69.9 cm³/mol. The molecule has 3 N–H and O–H groups in total. The molecule has 102 valence electrons. The van der Waals surface area contributed by atoms with Gasteiger partial charge in [-0.3, -0.25) is 5.41 Å². The van der Waals surface area contributed by atoms with E-state index >= 15 is 0 Å². The van der Waals surface area contributed by atoms with Crippen LogP contribution in [0.2, 0.25) is 0 Å². The van der Waals surface area contributed by atoms with Crippen molar-refractivity contribution in [3.8, 4) is 17.4 Å². The first-order valence-electron chi connectivity index (χ1n) is 5.90. The third kappa shape index (κ3) is 2.46. The van der Waals surface area contributed by atoms with E-state index in [9.17, 15) is 0 Å². The summed E-state index contributed by atoms with van der Waals surface area (Å²) in [5.74, 6) is 1.69. The molecule has 1 aromatic heterocycles. The molecule has 0 bridgehead atoms. The SMILES string of the molecule is N=C(N)c1cnc(OCc2ccc3c(c2)OCO3)cn1. The molecule has 0 spiro atoms. The Bertz CT molecular complexity index is 643.